The second-order valence-electron chi connectivity index (χ2n) is 3.50. The van der Waals surface area contributed by atoms with Gasteiger partial charge in [0, 0.05) is 0 Å². The van der Waals surface area contributed by atoms with Gasteiger partial charge in [-0.05, 0) is 24.8 Å². The maximum atomic E-state index is 12.2. The Bertz CT molecular complexity index is 297. The van der Waals surface area contributed by atoms with Crippen LogP contribution in [0.15, 0.2) is 11.6 Å². The highest BCUT2D eigenvalue weighted by atomic mass is 19.4. The summed E-state index contributed by atoms with van der Waals surface area (Å²) < 4.78 is 72.9. The van der Waals surface area contributed by atoms with Gasteiger partial charge in [0.1, 0.15) is 0 Å². The molecule has 1 rings (SSSR count). The van der Waals surface area contributed by atoms with E-state index in [1.54, 1.807) is 0 Å². The van der Waals surface area contributed by atoms with Crippen molar-refractivity contribution >= 4 is 5.78 Å². The third kappa shape index (κ3) is 2.76. The van der Waals surface area contributed by atoms with E-state index in [4.69, 9.17) is 0 Å². The molecule has 16 heavy (non-hydrogen) atoms. The van der Waals surface area contributed by atoms with Crippen LogP contribution < -0.4 is 0 Å². The fourth-order valence-corrected chi connectivity index (χ4v) is 1.56. The quantitative estimate of drug-likeness (QED) is 0.682. The zero-order valence-corrected chi connectivity index (χ0v) is 7.95. The Hall–Kier alpha value is -1.01. The van der Waals surface area contributed by atoms with Gasteiger partial charge in [0.2, 0.25) is 5.92 Å². The van der Waals surface area contributed by atoms with E-state index in [2.05, 4.69) is 0 Å². The highest BCUT2D eigenvalue weighted by molar-refractivity contribution is 5.98. The molecule has 1 aliphatic carbocycles. The van der Waals surface area contributed by atoms with E-state index in [0.29, 0.717) is 12.8 Å². The van der Waals surface area contributed by atoms with Crippen LogP contribution in [0.2, 0.25) is 0 Å². The Balaban J connectivity index is 2.98. The van der Waals surface area contributed by atoms with E-state index in [9.17, 15) is 31.1 Å². The SMILES string of the molecule is O=C(C1=CCCC1)C(C(F)(F)F)C(F)(F)F. The molecule has 1 aliphatic rings. The smallest absolute Gasteiger partial charge is 0.293 e. The minimum absolute atomic E-state index is 0.0124. The van der Waals surface area contributed by atoms with E-state index in [1.165, 1.54) is 0 Å². The molecule has 0 radical (unpaired) electrons. The van der Waals surface area contributed by atoms with Crippen LogP contribution in [0.25, 0.3) is 0 Å². The average Bonchev–Trinajstić information content (AvgIpc) is 2.48. The number of alkyl halides is 6. The van der Waals surface area contributed by atoms with Crippen molar-refractivity contribution in [3.8, 4) is 0 Å². The first-order valence-electron chi connectivity index (χ1n) is 4.50. The van der Waals surface area contributed by atoms with Crippen molar-refractivity contribution in [1.29, 1.82) is 0 Å². The number of Topliss-reactive ketones (excluding diaryl/α,β-unsaturated/α-hetero) is 1. The van der Waals surface area contributed by atoms with E-state index in [1.807, 2.05) is 0 Å². The van der Waals surface area contributed by atoms with E-state index in [0.717, 1.165) is 6.08 Å². The molecule has 0 aromatic heterocycles. The Kier molecular flexibility index (Phi) is 3.35. The number of rotatable bonds is 2. The first kappa shape index (κ1) is 13.1. The number of hydrogen-bond acceptors (Lipinski definition) is 1. The van der Waals surface area contributed by atoms with Crippen LogP contribution in [0, 0.1) is 5.92 Å². The number of ketones is 1. The molecule has 0 amide bonds. The van der Waals surface area contributed by atoms with E-state index >= 15 is 0 Å². The lowest BCUT2D eigenvalue weighted by Crippen LogP contribution is -2.42. The summed E-state index contributed by atoms with van der Waals surface area (Å²) in [4.78, 5) is 11.1. The molecule has 0 aliphatic heterocycles. The molecule has 0 saturated heterocycles. The number of carbonyl (C=O) groups excluding carboxylic acids is 1. The zero-order valence-electron chi connectivity index (χ0n) is 7.95. The molecular weight excluding hydrogens is 238 g/mol. The third-order valence-corrected chi connectivity index (χ3v) is 2.27. The van der Waals surface area contributed by atoms with Crippen LogP contribution in [0.5, 0.6) is 0 Å². The maximum Gasteiger partial charge on any atom is 0.407 e. The van der Waals surface area contributed by atoms with Gasteiger partial charge in [-0.2, -0.15) is 26.3 Å². The number of hydrogen-bond donors (Lipinski definition) is 0. The molecule has 0 saturated carbocycles. The molecule has 0 unspecified atom stereocenters. The third-order valence-electron chi connectivity index (χ3n) is 2.27. The predicted octanol–water partition coefficient (Wildman–Crippen LogP) is 3.41. The van der Waals surface area contributed by atoms with Crippen molar-refractivity contribution in [2.24, 2.45) is 5.92 Å². The van der Waals surface area contributed by atoms with Crippen molar-refractivity contribution in [1.82, 2.24) is 0 Å². The van der Waals surface area contributed by atoms with Gasteiger partial charge in [-0.1, -0.05) is 6.08 Å². The minimum atomic E-state index is -5.58. The van der Waals surface area contributed by atoms with Crippen molar-refractivity contribution in [3.05, 3.63) is 11.6 Å². The molecule has 0 bridgehead atoms. The predicted molar refractivity (Wildman–Crippen MR) is 42.5 cm³/mol. The van der Waals surface area contributed by atoms with Gasteiger partial charge in [0.05, 0.1) is 0 Å². The van der Waals surface area contributed by atoms with Crippen LogP contribution in [-0.2, 0) is 4.79 Å². The Labute approximate surface area is 87.1 Å². The lowest BCUT2D eigenvalue weighted by Gasteiger charge is -2.22. The molecule has 0 N–H and O–H groups in total. The van der Waals surface area contributed by atoms with Crippen molar-refractivity contribution in [3.63, 3.8) is 0 Å². The summed E-state index contributed by atoms with van der Waals surface area (Å²) in [5.41, 5.74) is -0.361. The average molecular weight is 246 g/mol. The fourth-order valence-electron chi connectivity index (χ4n) is 1.56. The van der Waals surface area contributed by atoms with Gasteiger partial charge in [-0.3, -0.25) is 4.79 Å². The normalized spacial score (nSPS) is 17.8. The van der Waals surface area contributed by atoms with Crippen LogP contribution in [0.3, 0.4) is 0 Å². The van der Waals surface area contributed by atoms with Gasteiger partial charge < -0.3 is 0 Å². The molecule has 0 spiro atoms. The van der Waals surface area contributed by atoms with E-state index < -0.39 is 24.1 Å². The molecular formula is C9H8F6O. The standard InChI is InChI=1S/C9H8F6O/c10-8(11,12)7(9(13,14)15)6(16)5-3-1-2-4-5/h3,7H,1-2,4H2. The molecule has 7 heteroatoms. The second-order valence-corrected chi connectivity index (χ2v) is 3.50. The zero-order chi connectivity index (χ0) is 12.6. The number of carbonyl (C=O) groups is 1. The van der Waals surface area contributed by atoms with Crippen LogP contribution >= 0.6 is 0 Å². The van der Waals surface area contributed by atoms with Crippen molar-refractivity contribution < 1.29 is 31.1 Å². The number of halogens is 6. The first-order chi connectivity index (χ1) is 7.14. The Morgan fingerprint density at radius 1 is 1.12 bits per heavy atom. The molecule has 0 fully saturated rings. The summed E-state index contributed by atoms with van der Waals surface area (Å²) in [6, 6.07) is 0. The molecule has 0 heterocycles. The Morgan fingerprint density at radius 3 is 1.94 bits per heavy atom. The van der Waals surface area contributed by atoms with Gasteiger partial charge in [0.15, 0.2) is 5.78 Å². The van der Waals surface area contributed by atoms with Gasteiger partial charge in [0.25, 0.3) is 0 Å². The van der Waals surface area contributed by atoms with Crippen LogP contribution in [-0.4, -0.2) is 18.1 Å². The summed E-state index contributed by atoms with van der Waals surface area (Å²) in [5.74, 6) is -5.75. The first-order valence-corrected chi connectivity index (χ1v) is 4.50. The molecule has 1 nitrogen and oxygen atoms in total. The molecule has 0 aromatic carbocycles. The summed E-state index contributed by atoms with van der Waals surface area (Å²) >= 11 is 0. The van der Waals surface area contributed by atoms with E-state index in [-0.39, 0.29) is 12.0 Å². The summed E-state index contributed by atoms with van der Waals surface area (Å²) in [6.45, 7) is 0. The summed E-state index contributed by atoms with van der Waals surface area (Å²) in [5, 5.41) is 0. The molecule has 92 valence electrons. The topological polar surface area (TPSA) is 17.1 Å². The maximum absolute atomic E-state index is 12.2. The summed E-state index contributed by atoms with van der Waals surface area (Å²) in [7, 11) is 0. The van der Waals surface area contributed by atoms with Gasteiger partial charge >= 0.3 is 12.4 Å². The molecule has 0 atom stereocenters. The Morgan fingerprint density at radius 2 is 1.62 bits per heavy atom. The minimum Gasteiger partial charge on any atom is -0.293 e. The van der Waals surface area contributed by atoms with Gasteiger partial charge in [-0.25, -0.2) is 0 Å². The fraction of sp³-hybridized carbons (Fsp3) is 0.667. The lowest BCUT2D eigenvalue weighted by atomic mass is 9.96. The van der Waals surface area contributed by atoms with Crippen molar-refractivity contribution in [2.75, 3.05) is 0 Å². The largest absolute Gasteiger partial charge is 0.407 e. The van der Waals surface area contributed by atoms with Crippen LogP contribution in [0.4, 0.5) is 26.3 Å². The number of allylic oxidation sites excluding steroid dienone is 2. The summed E-state index contributed by atoms with van der Waals surface area (Å²) in [6.07, 6.45) is -9.27. The highest BCUT2D eigenvalue weighted by Gasteiger charge is 2.61. The highest BCUT2D eigenvalue weighted by Crippen LogP contribution is 2.42. The monoisotopic (exact) mass is 246 g/mol. The van der Waals surface area contributed by atoms with Crippen molar-refractivity contribution in [2.45, 2.75) is 31.6 Å². The van der Waals surface area contributed by atoms with Gasteiger partial charge in [-0.15, -0.1) is 0 Å². The lowest BCUT2D eigenvalue weighted by molar-refractivity contribution is -0.272. The second kappa shape index (κ2) is 4.10. The molecule has 0 aromatic rings. The van der Waals surface area contributed by atoms with Crippen LogP contribution in [0.1, 0.15) is 19.3 Å².